The van der Waals surface area contributed by atoms with Gasteiger partial charge < -0.3 is 5.32 Å². The van der Waals surface area contributed by atoms with Crippen LogP contribution in [0.2, 0.25) is 5.02 Å². The van der Waals surface area contributed by atoms with Crippen LogP contribution in [0.3, 0.4) is 0 Å². The third-order valence-electron chi connectivity index (χ3n) is 5.49. The van der Waals surface area contributed by atoms with E-state index in [0.717, 1.165) is 22.1 Å². The van der Waals surface area contributed by atoms with Gasteiger partial charge in [0.25, 0.3) is 0 Å². The average molecular weight is 493 g/mol. The first-order chi connectivity index (χ1) is 16.9. The number of carbonyl (C=O) groups excluding carboxylic acids is 1. The molecule has 0 unspecified atom stereocenters. The molecule has 0 radical (unpaired) electrons. The summed E-state index contributed by atoms with van der Waals surface area (Å²) in [7, 11) is 0. The number of halogens is 3. The summed E-state index contributed by atoms with van der Waals surface area (Å²) in [5, 5.41) is 12.6. The average Bonchev–Trinajstić information content (AvgIpc) is 3.34. The molecule has 0 atom stereocenters. The summed E-state index contributed by atoms with van der Waals surface area (Å²) < 4.78 is 29.6. The summed E-state index contributed by atoms with van der Waals surface area (Å²) in [4.78, 5) is 17.2. The molecule has 0 saturated heterocycles. The molecule has 0 bridgehead atoms. The van der Waals surface area contributed by atoms with Crippen molar-refractivity contribution in [2.24, 2.45) is 0 Å². The van der Waals surface area contributed by atoms with E-state index in [2.05, 4.69) is 20.5 Å². The van der Waals surface area contributed by atoms with Crippen LogP contribution in [0.4, 0.5) is 14.6 Å². The minimum Gasteiger partial charge on any atom is -0.306 e. The van der Waals surface area contributed by atoms with E-state index < -0.39 is 0 Å². The Kier molecular flexibility index (Phi) is 6.00. The van der Waals surface area contributed by atoms with Crippen LogP contribution < -0.4 is 5.32 Å². The van der Waals surface area contributed by atoms with Crippen LogP contribution in [0.1, 0.15) is 11.3 Å². The second kappa shape index (κ2) is 9.27. The van der Waals surface area contributed by atoms with Gasteiger partial charge in [-0.15, -0.1) is 0 Å². The van der Waals surface area contributed by atoms with E-state index in [4.69, 9.17) is 11.6 Å². The van der Waals surface area contributed by atoms with E-state index in [9.17, 15) is 13.6 Å². The molecule has 35 heavy (non-hydrogen) atoms. The van der Waals surface area contributed by atoms with Gasteiger partial charge in [-0.25, -0.2) is 18.4 Å². The second-order valence-corrected chi connectivity index (χ2v) is 8.41. The largest absolute Gasteiger partial charge is 0.306 e. The third-order valence-corrected chi connectivity index (χ3v) is 5.77. The Morgan fingerprint density at radius 1 is 1.00 bits per heavy atom. The summed E-state index contributed by atoms with van der Waals surface area (Å²) in [5.74, 6) is -0.799. The molecule has 0 saturated carbocycles. The second-order valence-electron chi connectivity index (χ2n) is 8.00. The fourth-order valence-electron chi connectivity index (χ4n) is 3.91. The van der Waals surface area contributed by atoms with Crippen molar-refractivity contribution in [3.8, 4) is 11.1 Å². The predicted molar refractivity (Wildman–Crippen MR) is 129 cm³/mol. The molecule has 7 nitrogen and oxygen atoms in total. The van der Waals surface area contributed by atoms with E-state index in [1.807, 2.05) is 13.0 Å². The van der Waals surface area contributed by atoms with Crippen LogP contribution in [0.5, 0.6) is 0 Å². The lowest BCUT2D eigenvalue weighted by atomic mass is 10.0. The number of rotatable bonds is 6. The number of benzene rings is 2. The summed E-state index contributed by atoms with van der Waals surface area (Å²) in [6.45, 7) is 2.10. The molecule has 3 aromatic heterocycles. The monoisotopic (exact) mass is 492 g/mol. The molecule has 10 heteroatoms. The number of nitrogens with zero attached hydrogens (tertiary/aromatic N) is 5. The SMILES string of the molecule is Cc1nn(CC(=O)Nc2nn(Cc3ccc(F)cc3)cc2Cl)c2nccc(-c3ccc(F)cc3)c12. The number of nitrogens with one attached hydrogen (secondary N) is 1. The van der Waals surface area contributed by atoms with Gasteiger partial charge in [0.2, 0.25) is 5.91 Å². The molecular weight excluding hydrogens is 474 g/mol. The Morgan fingerprint density at radius 2 is 1.69 bits per heavy atom. The number of hydrogen-bond acceptors (Lipinski definition) is 4. The van der Waals surface area contributed by atoms with Gasteiger partial charge in [-0.2, -0.15) is 10.2 Å². The number of aryl methyl sites for hydroxylation is 1. The first-order valence-corrected chi connectivity index (χ1v) is 11.1. The summed E-state index contributed by atoms with van der Waals surface area (Å²) in [5.41, 5.74) is 3.74. The maximum atomic E-state index is 13.4. The molecule has 176 valence electrons. The van der Waals surface area contributed by atoms with Crippen molar-refractivity contribution in [1.82, 2.24) is 24.5 Å². The number of anilines is 1. The zero-order valence-corrected chi connectivity index (χ0v) is 19.3. The standard InChI is InChI=1S/C25H19ClF2N6O/c1-15-23-20(17-4-8-19(28)9-5-17)10-11-29-25(23)34(31-15)14-22(35)30-24-21(26)13-33(32-24)12-16-2-6-18(27)7-3-16/h2-11,13H,12,14H2,1H3,(H,30,32,35). The van der Waals surface area contributed by atoms with Crippen LogP contribution in [0.25, 0.3) is 22.2 Å². The summed E-state index contributed by atoms with van der Waals surface area (Å²) in [6, 6.07) is 14.1. The molecule has 0 spiro atoms. The molecule has 2 aromatic carbocycles. The zero-order chi connectivity index (χ0) is 24.5. The van der Waals surface area contributed by atoms with Crippen molar-refractivity contribution in [2.45, 2.75) is 20.0 Å². The highest BCUT2D eigenvalue weighted by molar-refractivity contribution is 6.33. The molecule has 5 rings (SSSR count). The van der Waals surface area contributed by atoms with Crippen LogP contribution in [0, 0.1) is 18.6 Å². The van der Waals surface area contributed by atoms with Crippen molar-refractivity contribution >= 4 is 34.4 Å². The van der Waals surface area contributed by atoms with Crippen molar-refractivity contribution < 1.29 is 13.6 Å². The van der Waals surface area contributed by atoms with E-state index in [1.54, 1.807) is 41.3 Å². The normalized spacial score (nSPS) is 11.2. The topological polar surface area (TPSA) is 77.6 Å². The van der Waals surface area contributed by atoms with Gasteiger partial charge >= 0.3 is 0 Å². The Hall–Kier alpha value is -4.11. The van der Waals surface area contributed by atoms with Crippen molar-refractivity contribution in [2.75, 3.05) is 5.32 Å². The molecule has 1 N–H and O–H groups in total. The fourth-order valence-corrected chi connectivity index (χ4v) is 4.11. The van der Waals surface area contributed by atoms with Gasteiger partial charge in [-0.1, -0.05) is 35.9 Å². The number of amides is 1. The Labute approximate surface area is 204 Å². The van der Waals surface area contributed by atoms with E-state index in [0.29, 0.717) is 17.9 Å². The number of fused-ring (bicyclic) bond motifs is 1. The number of carbonyl (C=O) groups is 1. The lowest BCUT2D eigenvalue weighted by molar-refractivity contribution is -0.116. The van der Waals surface area contributed by atoms with Gasteiger partial charge in [0.05, 0.1) is 12.2 Å². The van der Waals surface area contributed by atoms with Crippen LogP contribution in [-0.2, 0) is 17.9 Å². The Bertz CT molecular complexity index is 1530. The van der Waals surface area contributed by atoms with Gasteiger partial charge in [-0.05, 0) is 53.9 Å². The molecule has 0 aliphatic heterocycles. The Balaban J connectivity index is 1.35. The highest BCUT2D eigenvalue weighted by Gasteiger charge is 2.17. The van der Waals surface area contributed by atoms with Crippen molar-refractivity contribution in [3.05, 3.63) is 94.9 Å². The minimum atomic E-state index is -0.377. The molecule has 0 aliphatic carbocycles. The number of hydrogen-bond donors (Lipinski definition) is 1. The van der Waals surface area contributed by atoms with Gasteiger partial charge in [0, 0.05) is 17.8 Å². The third kappa shape index (κ3) is 4.76. The predicted octanol–water partition coefficient (Wildman–Crippen LogP) is 5.22. The maximum absolute atomic E-state index is 13.4. The smallest absolute Gasteiger partial charge is 0.247 e. The summed E-state index contributed by atoms with van der Waals surface area (Å²) in [6.07, 6.45) is 3.22. The summed E-state index contributed by atoms with van der Waals surface area (Å²) >= 11 is 6.26. The minimum absolute atomic E-state index is 0.106. The van der Waals surface area contributed by atoms with Crippen molar-refractivity contribution in [1.29, 1.82) is 0 Å². The highest BCUT2D eigenvalue weighted by atomic mass is 35.5. The maximum Gasteiger partial charge on any atom is 0.247 e. The van der Waals surface area contributed by atoms with E-state index in [-0.39, 0.29) is 34.9 Å². The quantitative estimate of drug-likeness (QED) is 0.352. The molecule has 0 aliphatic rings. The van der Waals surface area contributed by atoms with Gasteiger partial charge in [0.1, 0.15) is 23.2 Å². The van der Waals surface area contributed by atoms with Crippen LogP contribution in [0.15, 0.2) is 67.0 Å². The molecule has 3 heterocycles. The fraction of sp³-hybridized carbons (Fsp3) is 0.120. The lowest BCUT2D eigenvalue weighted by Gasteiger charge is -2.06. The number of pyridine rings is 1. The van der Waals surface area contributed by atoms with Gasteiger partial charge in [0.15, 0.2) is 11.5 Å². The highest BCUT2D eigenvalue weighted by Crippen LogP contribution is 2.30. The molecular formula is C25H19ClF2N6O. The molecule has 5 aromatic rings. The first-order valence-electron chi connectivity index (χ1n) is 10.7. The van der Waals surface area contributed by atoms with E-state index >= 15 is 0 Å². The van der Waals surface area contributed by atoms with Crippen molar-refractivity contribution in [3.63, 3.8) is 0 Å². The molecule has 0 fully saturated rings. The van der Waals surface area contributed by atoms with Crippen LogP contribution >= 0.6 is 11.6 Å². The lowest BCUT2D eigenvalue weighted by Crippen LogP contribution is -2.20. The Morgan fingerprint density at radius 3 is 2.40 bits per heavy atom. The first kappa shape index (κ1) is 22.7. The molecule has 1 amide bonds. The van der Waals surface area contributed by atoms with E-state index in [1.165, 1.54) is 28.9 Å². The zero-order valence-electron chi connectivity index (χ0n) is 18.5. The van der Waals surface area contributed by atoms with Gasteiger partial charge in [-0.3, -0.25) is 9.48 Å². The number of aromatic nitrogens is 5. The van der Waals surface area contributed by atoms with Crippen LogP contribution in [-0.4, -0.2) is 30.5 Å².